The van der Waals surface area contributed by atoms with Crippen molar-refractivity contribution in [2.75, 3.05) is 12.3 Å². The lowest BCUT2D eigenvalue weighted by Crippen LogP contribution is -2.30. The summed E-state index contributed by atoms with van der Waals surface area (Å²) < 4.78 is 25.1. The zero-order valence-corrected chi connectivity index (χ0v) is 10.1. The van der Waals surface area contributed by atoms with E-state index in [2.05, 4.69) is 4.72 Å². The predicted octanol–water partition coefficient (Wildman–Crippen LogP) is 1.05. The molecule has 1 atom stereocenters. The molecule has 0 saturated carbocycles. The summed E-state index contributed by atoms with van der Waals surface area (Å²) in [5, 5.41) is 9.73. The van der Waals surface area contributed by atoms with Crippen LogP contribution in [0.2, 0.25) is 0 Å². The van der Waals surface area contributed by atoms with Crippen molar-refractivity contribution in [2.45, 2.75) is 19.4 Å². The van der Waals surface area contributed by atoms with Gasteiger partial charge in [0.25, 0.3) is 0 Å². The van der Waals surface area contributed by atoms with Gasteiger partial charge in [0.1, 0.15) is 0 Å². The lowest BCUT2D eigenvalue weighted by molar-refractivity contribution is 0.182. The van der Waals surface area contributed by atoms with Gasteiger partial charge in [-0.15, -0.1) is 0 Å². The van der Waals surface area contributed by atoms with Crippen LogP contribution >= 0.6 is 0 Å². The molecule has 0 unspecified atom stereocenters. The monoisotopic (exact) mass is 243 g/mol. The Bertz CT molecular complexity index is 402. The first kappa shape index (κ1) is 13.2. The number of aliphatic hydroxyl groups is 1. The van der Waals surface area contributed by atoms with E-state index < -0.39 is 16.1 Å². The SMILES string of the molecule is CCCS(=O)(=O)NC[C@H](O)c1ccccc1. The van der Waals surface area contributed by atoms with Gasteiger partial charge in [-0.3, -0.25) is 0 Å². The van der Waals surface area contributed by atoms with E-state index in [1.54, 1.807) is 31.2 Å². The molecular formula is C11H17NO3S. The number of rotatable bonds is 6. The summed E-state index contributed by atoms with van der Waals surface area (Å²) in [5.41, 5.74) is 0.710. The zero-order chi connectivity index (χ0) is 12.0. The molecule has 0 fully saturated rings. The van der Waals surface area contributed by atoms with Gasteiger partial charge in [0.15, 0.2) is 0 Å². The molecule has 0 aromatic heterocycles. The van der Waals surface area contributed by atoms with E-state index in [0.717, 1.165) is 0 Å². The molecule has 0 bridgehead atoms. The van der Waals surface area contributed by atoms with E-state index in [0.29, 0.717) is 12.0 Å². The summed E-state index contributed by atoms with van der Waals surface area (Å²) in [6.07, 6.45) is -0.232. The molecule has 0 aliphatic carbocycles. The van der Waals surface area contributed by atoms with Crippen LogP contribution in [0.1, 0.15) is 25.0 Å². The maximum Gasteiger partial charge on any atom is 0.211 e. The van der Waals surface area contributed by atoms with Crippen LogP contribution in [-0.2, 0) is 10.0 Å². The van der Waals surface area contributed by atoms with Crippen molar-refractivity contribution in [2.24, 2.45) is 0 Å². The summed E-state index contributed by atoms with van der Waals surface area (Å²) in [4.78, 5) is 0. The highest BCUT2D eigenvalue weighted by atomic mass is 32.2. The summed E-state index contributed by atoms with van der Waals surface area (Å²) in [6.45, 7) is 1.82. The molecule has 1 rings (SSSR count). The van der Waals surface area contributed by atoms with Crippen LogP contribution < -0.4 is 4.72 Å². The van der Waals surface area contributed by atoms with Gasteiger partial charge >= 0.3 is 0 Å². The summed E-state index contributed by atoms with van der Waals surface area (Å²) in [6, 6.07) is 8.98. The maximum atomic E-state index is 11.3. The molecule has 0 spiro atoms. The fourth-order valence-corrected chi connectivity index (χ4v) is 2.43. The number of hydrogen-bond acceptors (Lipinski definition) is 3. The molecule has 90 valence electrons. The van der Waals surface area contributed by atoms with Gasteiger partial charge in [0.05, 0.1) is 11.9 Å². The van der Waals surface area contributed by atoms with E-state index in [-0.39, 0.29) is 12.3 Å². The number of nitrogens with one attached hydrogen (secondary N) is 1. The van der Waals surface area contributed by atoms with E-state index >= 15 is 0 Å². The number of hydrogen-bond donors (Lipinski definition) is 2. The average molecular weight is 243 g/mol. The van der Waals surface area contributed by atoms with Gasteiger partial charge in [-0.1, -0.05) is 37.3 Å². The second-order valence-corrected chi connectivity index (χ2v) is 5.52. The zero-order valence-electron chi connectivity index (χ0n) is 9.26. The lowest BCUT2D eigenvalue weighted by Gasteiger charge is -2.12. The highest BCUT2D eigenvalue weighted by molar-refractivity contribution is 7.89. The Balaban J connectivity index is 2.51. The molecule has 0 aliphatic rings. The minimum absolute atomic E-state index is 0.0202. The minimum Gasteiger partial charge on any atom is -0.387 e. The summed E-state index contributed by atoms with van der Waals surface area (Å²) in [5.74, 6) is 0.0918. The van der Waals surface area contributed by atoms with Crippen molar-refractivity contribution in [3.8, 4) is 0 Å². The summed E-state index contributed by atoms with van der Waals surface area (Å²) in [7, 11) is -3.24. The molecule has 0 amide bonds. The van der Waals surface area contributed by atoms with Crippen LogP contribution in [0.4, 0.5) is 0 Å². The quantitative estimate of drug-likeness (QED) is 0.785. The Morgan fingerprint density at radius 2 is 1.94 bits per heavy atom. The van der Waals surface area contributed by atoms with E-state index in [4.69, 9.17) is 0 Å². The van der Waals surface area contributed by atoms with E-state index in [1.807, 2.05) is 6.07 Å². The van der Waals surface area contributed by atoms with Crippen LogP contribution in [0.15, 0.2) is 30.3 Å². The molecule has 4 nitrogen and oxygen atoms in total. The van der Waals surface area contributed by atoms with Crippen LogP contribution in [0.5, 0.6) is 0 Å². The fraction of sp³-hybridized carbons (Fsp3) is 0.455. The average Bonchev–Trinajstić information content (AvgIpc) is 2.27. The van der Waals surface area contributed by atoms with Crippen molar-refractivity contribution < 1.29 is 13.5 Å². The Kier molecular flexibility index (Phi) is 4.92. The van der Waals surface area contributed by atoms with Crippen LogP contribution in [0, 0.1) is 0 Å². The fourth-order valence-electron chi connectivity index (χ4n) is 1.34. The van der Waals surface area contributed by atoms with E-state index in [1.165, 1.54) is 0 Å². The molecule has 1 aromatic rings. The third-order valence-corrected chi connectivity index (χ3v) is 3.71. The maximum absolute atomic E-state index is 11.3. The van der Waals surface area contributed by atoms with Crippen molar-refractivity contribution in [1.29, 1.82) is 0 Å². The minimum atomic E-state index is -3.24. The summed E-state index contributed by atoms with van der Waals surface area (Å²) >= 11 is 0. The standard InChI is InChI=1S/C11H17NO3S/c1-2-8-16(14,15)12-9-11(13)10-6-4-3-5-7-10/h3-7,11-13H,2,8-9H2,1H3/t11-/m0/s1. The topological polar surface area (TPSA) is 66.4 Å². The second kappa shape index (κ2) is 5.98. The Morgan fingerprint density at radius 1 is 1.31 bits per heavy atom. The molecule has 0 heterocycles. The Hall–Kier alpha value is -0.910. The van der Waals surface area contributed by atoms with E-state index in [9.17, 15) is 13.5 Å². The first-order chi connectivity index (χ1) is 7.55. The molecule has 16 heavy (non-hydrogen) atoms. The molecule has 2 N–H and O–H groups in total. The van der Waals surface area contributed by atoms with Crippen LogP contribution in [0.3, 0.4) is 0 Å². The molecule has 0 radical (unpaired) electrons. The number of sulfonamides is 1. The third-order valence-electron chi connectivity index (χ3n) is 2.15. The van der Waals surface area contributed by atoms with Crippen LogP contribution in [0.25, 0.3) is 0 Å². The smallest absolute Gasteiger partial charge is 0.211 e. The van der Waals surface area contributed by atoms with Gasteiger partial charge in [-0.2, -0.15) is 0 Å². The normalized spacial score (nSPS) is 13.6. The molecule has 5 heteroatoms. The highest BCUT2D eigenvalue weighted by Gasteiger charge is 2.12. The Labute approximate surface area is 96.4 Å². The van der Waals surface area contributed by atoms with Crippen molar-refractivity contribution >= 4 is 10.0 Å². The molecular weight excluding hydrogens is 226 g/mol. The van der Waals surface area contributed by atoms with Gasteiger partial charge in [0, 0.05) is 6.54 Å². The third kappa shape index (κ3) is 4.30. The second-order valence-electron chi connectivity index (χ2n) is 3.59. The highest BCUT2D eigenvalue weighted by Crippen LogP contribution is 2.10. The number of benzene rings is 1. The number of aliphatic hydroxyl groups excluding tert-OH is 1. The first-order valence-corrected chi connectivity index (χ1v) is 6.90. The molecule has 0 saturated heterocycles. The van der Waals surface area contributed by atoms with Gasteiger partial charge in [-0.25, -0.2) is 13.1 Å². The van der Waals surface area contributed by atoms with Crippen molar-refractivity contribution in [3.05, 3.63) is 35.9 Å². The molecule has 1 aromatic carbocycles. The van der Waals surface area contributed by atoms with Gasteiger partial charge < -0.3 is 5.11 Å². The first-order valence-electron chi connectivity index (χ1n) is 5.25. The van der Waals surface area contributed by atoms with Gasteiger partial charge in [0.2, 0.25) is 10.0 Å². The van der Waals surface area contributed by atoms with Crippen molar-refractivity contribution in [3.63, 3.8) is 0 Å². The van der Waals surface area contributed by atoms with Gasteiger partial charge in [-0.05, 0) is 12.0 Å². The van der Waals surface area contributed by atoms with Crippen molar-refractivity contribution in [1.82, 2.24) is 4.72 Å². The molecule has 0 aliphatic heterocycles. The van der Waals surface area contributed by atoms with Crippen LogP contribution in [-0.4, -0.2) is 25.8 Å². The Morgan fingerprint density at radius 3 is 2.50 bits per heavy atom. The predicted molar refractivity (Wildman–Crippen MR) is 63.5 cm³/mol. The largest absolute Gasteiger partial charge is 0.387 e. The lowest BCUT2D eigenvalue weighted by atomic mass is 10.1.